The van der Waals surface area contributed by atoms with E-state index in [9.17, 15) is 4.79 Å². The normalized spacial score (nSPS) is 17.1. The minimum Gasteiger partial charge on any atom is -0.364 e. The van der Waals surface area contributed by atoms with Crippen molar-refractivity contribution in [3.8, 4) is 0 Å². The molecule has 4 rings (SSSR count). The van der Waals surface area contributed by atoms with Gasteiger partial charge in [0.1, 0.15) is 5.82 Å². The predicted molar refractivity (Wildman–Crippen MR) is 85.8 cm³/mol. The Morgan fingerprint density at radius 1 is 0.800 bits per heavy atom. The van der Waals surface area contributed by atoms with Crippen LogP contribution in [0.3, 0.4) is 0 Å². The van der Waals surface area contributed by atoms with Gasteiger partial charge in [-0.05, 0) is 6.07 Å². The standard InChI is InChI=1S/C19H14N2O.3Y/c22-17-13-7-12-16-20-18(14-8-3-1-4-9-14)19(21(16)17)15-10-5-2-6-11-15;;;/h3-13,18-20H;;;/q-2;;;/t18-,19+;;;/m1.../s1. The summed E-state index contributed by atoms with van der Waals surface area (Å²) < 4.78 is 1.83. The number of fused-ring (bicyclic) bond motifs is 1. The number of hydrogen-bond donors (Lipinski definition) is 1. The topological polar surface area (TPSA) is 34.0 Å². The number of benzene rings is 2. The fourth-order valence-electron chi connectivity index (χ4n) is 3.10. The monoisotopic (exact) mass is 553 g/mol. The molecular weight excluding hydrogens is 539 g/mol. The van der Waals surface area contributed by atoms with Gasteiger partial charge in [0.05, 0.1) is 12.1 Å². The Bertz CT molecular complexity index is 853. The van der Waals surface area contributed by atoms with Crippen molar-refractivity contribution >= 4 is 5.82 Å². The molecule has 0 amide bonds. The molecule has 0 spiro atoms. The molecular formula is C19H14N2OY3-2. The number of aromatic nitrogens is 1. The van der Waals surface area contributed by atoms with Gasteiger partial charge in [-0.2, -0.15) is 60.7 Å². The molecule has 1 aromatic heterocycles. The number of hydrogen-bond acceptors (Lipinski definition) is 2. The number of nitrogens with zero attached hydrogens (tertiary/aromatic N) is 1. The van der Waals surface area contributed by atoms with E-state index in [4.69, 9.17) is 0 Å². The van der Waals surface area contributed by atoms with Crippen LogP contribution < -0.4 is 10.9 Å². The zero-order valence-corrected chi connectivity index (χ0v) is 22.1. The molecule has 0 saturated carbocycles. The average molecular weight is 553 g/mol. The molecule has 25 heavy (non-hydrogen) atoms. The molecule has 0 aliphatic carbocycles. The Kier molecular flexibility index (Phi) is 10.1. The Morgan fingerprint density at radius 2 is 1.36 bits per heavy atom. The Balaban J connectivity index is 0.00000104. The summed E-state index contributed by atoms with van der Waals surface area (Å²) >= 11 is 0. The third-order valence-corrected chi connectivity index (χ3v) is 4.08. The molecule has 2 heterocycles. The van der Waals surface area contributed by atoms with Crippen LogP contribution in [0.2, 0.25) is 0 Å². The molecule has 3 aromatic rings. The molecule has 2 aromatic carbocycles. The van der Waals surface area contributed by atoms with Gasteiger partial charge >= 0.3 is 0 Å². The van der Waals surface area contributed by atoms with Gasteiger partial charge in [0.2, 0.25) is 0 Å². The summed E-state index contributed by atoms with van der Waals surface area (Å²) in [7, 11) is 0. The molecule has 117 valence electrons. The van der Waals surface area contributed by atoms with Crippen molar-refractivity contribution in [2.24, 2.45) is 0 Å². The van der Waals surface area contributed by atoms with Crippen LogP contribution in [0.15, 0.2) is 71.5 Å². The summed E-state index contributed by atoms with van der Waals surface area (Å²) in [6.07, 6.45) is 0. The first-order chi connectivity index (χ1) is 10.8. The summed E-state index contributed by atoms with van der Waals surface area (Å²) in [6.45, 7) is 0. The molecule has 0 unspecified atom stereocenters. The maximum Gasteiger partial charge on any atom is 0.252 e. The van der Waals surface area contributed by atoms with E-state index in [0.29, 0.717) is 0 Å². The van der Waals surface area contributed by atoms with Crippen LogP contribution in [0.25, 0.3) is 0 Å². The van der Waals surface area contributed by atoms with E-state index in [1.807, 2.05) is 59.2 Å². The molecule has 1 N–H and O–H groups in total. The maximum atomic E-state index is 12.4. The summed E-state index contributed by atoms with van der Waals surface area (Å²) in [5, 5.41) is 3.48. The smallest absolute Gasteiger partial charge is 0.252 e. The van der Waals surface area contributed by atoms with Crippen LogP contribution in [-0.2, 0) is 98.1 Å². The van der Waals surface area contributed by atoms with Crippen LogP contribution in [0.1, 0.15) is 23.2 Å². The molecule has 3 radical (unpaired) electrons. The van der Waals surface area contributed by atoms with Crippen molar-refractivity contribution in [3.05, 3.63) is 100 Å². The quantitative estimate of drug-likeness (QED) is 0.496. The van der Waals surface area contributed by atoms with E-state index in [-0.39, 0.29) is 116 Å². The van der Waals surface area contributed by atoms with Gasteiger partial charge in [0.15, 0.2) is 0 Å². The second-order valence-electron chi connectivity index (χ2n) is 5.35. The van der Waals surface area contributed by atoms with Crippen molar-refractivity contribution in [1.29, 1.82) is 0 Å². The molecule has 0 bridgehead atoms. The Labute approximate surface area is 223 Å². The van der Waals surface area contributed by atoms with Gasteiger partial charge < -0.3 is 5.32 Å². The molecule has 0 fully saturated rings. The van der Waals surface area contributed by atoms with E-state index in [1.165, 1.54) is 0 Å². The summed E-state index contributed by atoms with van der Waals surface area (Å²) in [6, 6.07) is 27.1. The van der Waals surface area contributed by atoms with Gasteiger partial charge in [-0.15, -0.1) is 11.1 Å². The molecule has 1 aliphatic rings. The zero-order chi connectivity index (χ0) is 14.9. The number of anilines is 1. The average Bonchev–Trinajstić information content (AvgIpc) is 2.97. The molecule has 6 heteroatoms. The van der Waals surface area contributed by atoms with Crippen molar-refractivity contribution in [2.75, 3.05) is 5.32 Å². The minimum absolute atomic E-state index is 0. The van der Waals surface area contributed by atoms with Crippen LogP contribution in [0, 0.1) is 12.1 Å². The summed E-state index contributed by atoms with van der Waals surface area (Å²) in [4.78, 5) is 12.4. The van der Waals surface area contributed by atoms with Crippen LogP contribution >= 0.6 is 0 Å². The third-order valence-electron chi connectivity index (χ3n) is 4.08. The van der Waals surface area contributed by atoms with Crippen molar-refractivity contribution in [1.82, 2.24) is 4.57 Å². The molecule has 2 atom stereocenters. The Morgan fingerprint density at radius 3 is 1.96 bits per heavy atom. The van der Waals surface area contributed by atoms with Gasteiger partial charge in [0.25, 0.3) is 5.56 Å². The van der Waals surface area contributed by atoms with Crippen LogP contribution in [-0.4, -0.2) is 4.57 Å². The minimum atomic E-state index is -0.0688. The van der Waals surface area contributed by atoms with Crippen molar-refractivity contribution in [3.63, 3.8) is 0 Å². The predicted octanol–water partition coefficient (Wildman–Crippen LogP) is 3.20. The van der Waals surface area contributed by atoms with E-state index >= 15 is 0 Å². The van der Waals surface area contributed by atoms with E-state index in [0.717, 1.165) is 16.9 Å². The van der Waals surface area contributed by atoms with E-state index < -0.39 is 0 Å². The maximum absolute atomic E-state index is 12.4. The summed E-state index contributed by atoms with van der Waals surface area (Å²) in [5.41, 5.74) is 2.24. The summed E-state index contributed by atoms with van der Waals surface area (Å²) in [5.74, 6) is 0.850. The van der Waals surface area contributed by atoms with Crippen LogP contribution in [0.5, 0.6) is 0 Å². The molecule has 1 aliphatic heterocycles. The molecule has 3 nitrogen and oxygen atoms in total. The third kappa shape index (κ3) is 4.86. The number of pyridine rings is 1. The van der Waals surface area contributed by atoms with E-state index in [2.05, 4.69) is 17.4 Å². The van der Waals surface area contributed by atoms with Crippen molar-refractivity contribution < 1.29 is 98.1 Å². The van der Waals surface area contributed by atoms with Gasteiger partial charge in [-0.25, -0.2) is 0 Å². The second-order valence-corrected chi connectivity index (χ2v) is 5.35. The molecule has 0 saturated heterocycles. The fraction of sp³-hybridized carbons (Fsp3) is 0.105. The first-order valence-electron chi connectivity index (χ1n) is 7.25. The zero-order valence-electron chi connectivity index (χ0n) is 13.6. The SMILES string of the molecule is O=c1cccc2n1[C@@H](c1cc[c-]cc1)[C@@H](c1cc[c-]cc1)N2.[Y].[Y].[Y]. The van der Waals surface area contributed by atoms with Crippen LogP contribution in [0.4, 0.5) is 5.82 Å². The van der Waals surface area contributed by atoms with Gasteiger partial charge in [0, 0.05) is 104 Å². The fourth-order valence-corrected chi connectivity index (χ4v) is 3.10. The number of nitrogens with one attached hydrogen (secondary N) is 1. The second kappa shape index (κ2) is 10.7. The van der Waals surface area contributed by atoms with Gasteiger partial charge in [-0.1, -0.05) is 6.07 Å². The number of rotatable bonds is 2. The largest absolute Gasteiger partial charge is 0.364 e. The van der Waals surface area contributed by atoms with Crippen molar-refractivity contribution in [2.45, 2.75) is 12.1 Å². The first kappa shape index (κ1) is 23.5. The Hall–Kier alpha value is 0.502. The van der Waals surface area contributed by atoms with Gasteiger partial charge in [-0.3, -0.25) is 9.36 Å². The first-order valence-corrected chi connectivity index (χ1v) is 7.25. The van der Waals surface area contributed by atoms with E-state index in [1.54, 1.807) is 12.1 Å².